The predicted molar refractivity (Wildman–Crippen MR) is 127 cm³/mol. The van der Waals surface area contributed by atoms with Gasteiger partial charge in [0.1, 0.15) is 11.9 Å². The number of carbonyl (C=O) groups excluding carboxylic acids is 1. The molecule has 1 aromatic heterocycles. The van der Waals surface area contributed by atoms with Crippen LogP contribution >= 0.6 is 11.6 Å². The maximum atomic E-state index is 13.5. The largest absolute Gasteiger partial charge is 0.324 e. The first-order chi connectivity index (χ1) is 16.0. The molecule has 1 amide bonds. The molecule has 0 bridgehead atoms. The van der Waals surface area contributed by atoms with Crippen molar-refractivity contribution in [2.24, 2.45) is 0 Å². The maximum Gasteiger partial charge on any atom is 0.258 e. The molecule has 3 aromatic carbocycles. The Hall–Kier alpha value is -3.97. The van der Waals surface area contributed by atoms with Crippen LogP contribution in [-0.4, -0.2) is 20.7 Å². The number of hydrogen-bond acceptors (Lipinski definition) is 4. The van der Waals surface area contributed by atoms with Gasteiger partial charge in [-0.05, 0) is 60.5 Å². The van der Waals surface area contributed by atoms with E-state index in [9.17, 15) is 9.18 Å². The first-order valence-electron chi connectivity index (χ1n) is 10.3. The summed E-state index contributed by atoms with van der Waals surface area (Å²) in [5.74, 6) is -0.0401. The maximum absolute atomic E-state index is 13.5. The number of aromatic nitrogens is 3. The molecule has 0 saturated carbocycles. The van der Waals surface area contributed by atoms with Crippen molar-refractivity contribution in [1.29, 1.82) is 0 Å². The lowest BCUT2D eigenvalue weighted by atomic mass is 10.0. The Labute approximate surface area is 194 Å². The third-order valence-corrected chi connectivity index (χ3v) is 5.62. The van der Waals surface area contributed by atoms with E-state index in [4.69, 9.17) is 11.6 Å². The fourth-order valence-corrected chi connectivity index (χ4v) is 3.75. The van der Waals surface area contributed by atoms with E-state index in [1.165, 1.54) is 12.1 Å². The van der Waals surface area contributed by atoms with Crippen LogP contribution in [0.1, 0.15) is 33.1 Å². The van der Waals surface area contributed by atoms with E-state index in [1.807, 2.05) is 37.3 Å². The van der Waals surface area contributed by atoms with E-state index in [1.54, 1.807) is 41.1 Å². The van der Waals surface area contributed by atoms with Crippen molar-refractivity contribution in [2.45, 2.75) is 13.0 Å². The monoisotopic (exact) mass is 459 g/mol. The summed E-state index contributed by atoms with van der Waals surface area (Å²) in [6, 6.07) is 20.6. The molecule has 33 heavy (non-hydrogen) atoms. The van der Waals surface area contributed by atoms with Crippen LogP contribution in [0.25, 0.3) is 5.70 Å². The summed E-state index contributed by atoms with van der Waals surface area (Å²) in [6.45, 7) is 2.03. The molecule has 1 atom stereocenters. The molecule has 164 valence electrons. The lowest BCUT2D eigenvalue weighted by molar-refractivity contribution is 0.102. The average Bonchev–Trinajstić information content (AvgIpc) is 3.22. The number of halogens is 2. The molecule has 0 saturated heterocycles. The second-order valence-electron chi connectivity index (χ2n) is 7.73. The minimum absolute atomic E-state index is 0.156. The SMILES string of the molecule is Cc1ccc(C2=C[C@H](c3ccc(F)cc3)n3nc(NC(=O)c4ccc(Cl)cc4)nc3N2)cc1. The van der Waals surface area contributed by atoms with E-state index < -0.39 is 0 Å². The summed E-state index contributed by atoms with van der Waals surface area (Å²) in [6.07, 6.45) is 2.00. The number of hydrogen-bond donors (Lipinski definition) is 2. The normalized spacial score (nSPS) is 14.8. The fraction of sp³-hybridized carbons (Fsp3) is 0.0800. The molecular formula is C25H19ClFN5O. The highest BCUT2D eigenvalue weighted by atomic mass is 35.5. The Morgan fingerprint density at radius 3 is 2.42 bits per heavy atom. The van der Waals surface area contributed by atoms with Gasteiger partial charge in [-0.2, -0.15) is 4.98 Å². The standard InChI is InChI=1S/C25H19ClFN5O/c1-15-2-4-16(5-3-15)21-14-22(17-8-12-20(27)13-9-17)32-25(28-21)30-24(31-32)29-23(33)18-6-10-19(26)11-7-18/h2-14,22H,1H3,(H2,28,29,30,31,33)/t22-/m1/s1. The lowest BCUT2D eigenvalue weighted by Gasteiger charge is -2.24. The van der Waals surface area contributed by atoms with E-state index in [2.05, 4.69) is 20.7 Å². The number of benzene rings is 3. The second-order valence-corrected chi connectivity index (χ2v) is 8.17. The predicted octanol–water partition coefficient (Wildman–Crippen LogP) is 5.69. The van der Waals surface area contributed by atoms with Crippen LogP contribution in [0.3, 0.4) is 0 Å². The molecule has 1 aliphatic rings. The van der Waals surface area contributed by atoms with Gasteiger partial charge >= 0.3 is 0 Å². The number of aryl methyl sites for hydroxylation is 1. The molecular weight excluding hydrogens is 441 g/mol. The van der Waals surface area contributed by atoms with Gasteiger partial charge < -0.3 is 5.32 Å². The number of fused-ring (bicyclic) bond motifs is 1. The van der Waals surface area contributed by atoms with Gasteiger partial charge in [-0.25, -0.2) is 9.07 Å². The topological polar surface area (TPSA) is 71.8 Å². The third kappa shape index (κ3) is 4.36. The molecule has 0 unspecified atom stereocenters. The molecule has 2 heterocycles. The number of rotatable bonds is 4. The summed E-state index contributed by atoms with van der Waals surface area (Å²) in [7, 11) is 0. The summed E-state index contributed by atoms with van der Waals surface area (Å²) >= 11 is 5.90. The molecule has 0 aliphatic carbocycles. The van der Waals surface area contributed by atoms with E-state index in [0.717, 1.165) is 22.4 Å². The van der Waals surface area contributed by atoms with Crippen LogP contribution in [0, 0.1) is 12.7 Å². The smallest absolute Gasteiger partial charge is 0.258 e. The Bertz CT molecular complexity index is 1350. The van der Waals surface area contributed by atoms with Crippen LogP contribution in [0.15, 0.2) is 78.9 Å². The number of carbonyl (C=O) groups is 1. The van der Waals surface area contributed by atoms with Crippen molar-refractivity contribution in [2.75, 3.05) is 10.6 Å². The zero-order valence-electron chi connectivity index (χ0n) is 17.6. The van der Waals surface area contributed by atoms with Gasteiger partial charge in [-0.1, -0.05) is 53.6 Å². The molecule has 8 heteroatoms. The van der Waals surface area contributed by atoms with Crippen molar-refractivity contribution in [3.8, 4) is 0 Å². The van der Waals surface area contributed by atoms with E-state index in [0.29, 0.717) is 16.5 Å². The molecule has 4 aromatic rings. The summed E-state index contributed by atoms with van der Waals surface area (Å²) in [5, 5.41) is 11.1. The van der Waals surface area contributed by atoms with Gasteiger partial charge in [0.25, 0.3) is 11.9 Å². The molecule has 1 aliphatic heterocycles. The number of allylic oxidation sites excluding steroid dienone is 1. The molecule has 0 radical (unpaired) electrons. The van der Waals surface area contributed by atoms with Gasteiger partial charge in [-0.15, -0.1) is 5.10 Å². The van der Waals surface area contributed by atoms with Crippen molar-refractivity contribution in [3.63, 3.8) is 0 Å². The summed E-state index contributed by atoms with van der Waals surface area (Å²) < 4.78 is 15.2. The van der Waals surface area contributed by atoms with Gasteiger partial charge in [0.05, 0.1) is 0 Å². The van der Waals surface area contributed by atoms with Crippen molar-refractivity contribution in [1.82, 2.24) is 14.8 Å². The Morgan fingerprint density at radius 1 is 1.03 bits per heavy atom. The summed E-state index contributed by atoms with van der Waals surface area (Å²) in [5.41, 5.74) is 4.26. The first kappa shape index (κ1) is 20.9. The van der Waals surface area contributed by atoms with Gasteiger partial charge in [0.2, 0.25) is 5.95 Å². The zero-order valence-corrected chi connectivity index (χ0v) is 18.3. The van der Waals surface area contributed by atoms with Crippen LogP contribution < -0.4 is 10.6 Å². The van der Waals surface area contributed by atoms with E-state index >= 15 is 0 Å². The average molecular weight is 460 g/mol. The number of anilines is 2. The second kappa shape index (κ2) is 8.52. The zero-order chi connectivity index (χ0) is 22.9. The van der Waals surface area contributed by atoms with Crippen molar-refractivity contribution in [3.05, 3.63) is 112 Å². The minimum atomic E-state index is -0.348. The van der Waals surface area contributed by atoms with Crippen LogP contribution in [0.5, 0.6) is 0 Å². The van der Waals surface area contributed by atoms with Crippen LogP contribution in [-0.2, 0) is 0 Å². The molecule has 6 nitrogen and oxygen atoms in total. The van der Waals surface area contributed by atoms with E-state index in [-0.39, 0.29) is 23.7 Å². The number of amides is 1. The molecule has 2 N–H and O–H groups in total. The minimum Gasteiger partial charge on any atom is -0.324 e. The van der Waals surface area contributed by atoms with Crippen LogP contribution in [0.2, 0.25) is 5.02 Å². The fourth-order valence-electron chi connectivity index (χ4n) is 3.62. The quantitative estimate of drug-likeness (QED) is 0.411. The Kier molecular flexibility index (Phi) is 5.40. The molecule has 0 fully saturated rings. The van der Waals surface area contributed by atoms with Gasteiger partial charge in [0, 0.05) is 16.3 Å². The van der Waals surface area contributed by atoms with Crippen molar-refractivity contribution < 1.29 is 9.18 Å². The number of nitrogens with zero attached hydrogens (tertiary/aromatic N) is 3. The van der Waals surface area contributed by atoms with Gasteiger partial charge in [0.15, 0.2) is 0 Å². The first-order valence-corrected chi connectivity index (χ1v) is 10.7. The number of nitrogens with one attached hydrogen (secondary N) is 2. The Balaban J connectivity index is 1.50. The molecule has 0 spiro atoms. The summed E-state index contributed by atoms with van der Waals surface area (Å²) in [4.78, 5) is 17.1. The highest BCUT2D eigenvalue weighted by molar-refractivity contribution is 6.30. The molecule has 5 rings (SSSR count). The third-order valence-electron chi connectivity index (χ3n) is 5.37. The van der Waals surface area contributed by atoms with Crippen molar-refractivity contribution >= 4 is 35.1 Å². The highest BCUT2D eigenvalue weighted by Gasteiger charge is 2.26. The van der Waals surface area contributed by atoms with Gasteiger partial charge in [-0.3, -0.25) is 10.1 Å². The Morgan fingerprint density at radius 2 is 1.73 bits per heavy atom. The van der Waals surface area contributed by atoms with Crippen LogP contribution in [0.4, 0.5) is 16.3 Å². The highest BCUT2D eigenvalue weighted by Crippen LogP contribution is 2.33. The lowest BCUT2D eigenvalue weighted by Crippen LogP contribution is -2.20.